The van der Waals surface area contributed by atoms with Crippen LogP contribution >= 0.6 is 0 Å². The van der Waals surface area contributed by atoms with Crippen molar-refractivity contribution in [3.63, 3.8) is 0 Å². The molecule has 1 atom stereocenters. The van der Waals surface area contributed by atoms with E-state index in [1.165, 1.54) is 0 Å². The summed E-state index contributed by atoms with van der Waals surface area (Å²) in [6.45, 7) is 1.27. The van der Waals surface area contributed by atoms with Gasteiger partial charge in [0.05, 0.1) is 25.7 Å². The second kappa shape index (κ2) is 10.2. The van der Waals surface area contributed by atoms with Crippen molar-refractivity contribution in [1.82, 2.24) is 10.2 Å². The van der Waals surface area contributed by atoms with Crippen molar-refractivity contribution in [3.05, 3.63) is 83.9 Å². The molecule has 1 aliphatic heterocycles. The van der Waals surface area contributed by atoms with Gasteiger partial charge < -0.3 is 19.7 Å². The zero-order chi connectivity index (χ0) is 23.2. The number of para-hydroxylation sites is 1. The summed E-state index contributed by atoms with van der Waals surface area (Å²) >= 11 is 0. The lowest BCUT2D eigenvalue weighted by atomic mass is 9.96. The number of benzene rings is 3. The van der Waals surface area contributed by atoms with Crippen LogP contribution in [-0.2, 0) is 11.2 Å². The van der Waals surface area contributed by atoms with E-state index < -0.39 is 0 Å². The molecule has 0 unspecified atom stereocenters. The third-order valence-electron chi connectivity index (χ3n) is 5.98. The Labute approximate surface area is 194 Å². The largest absolute Gasteiger partial charge is 0.497 e. The summed E-state index contributed by atoms with van der Waals surface area (Å²) in [6.07, 6.45) is 0.560. The van der Waals surface area contributed by atoms with Crippen LogP contribution in [0, 0.1) is 5.92 Å². The van der Waals surface area contributed by atoms with Gasteiger partial charge in [-0.05, 0) is 47.4 Å². The van der Waals surface area contributed by atoms with E-state index in [4.69, 9.17) is 9.47 Å². The molecule has 0 bridgehead atoms. The Morgan fingerprint density at radius 2 is 1.61 bits per heavy atom. The number of nitrogens with one attached hydrogen (secondary N) is 1. The molecule has 0 saturated carbocycles. The quantitative estimate of drug-likeness (QED) is 0.628. The maximum Gasteiger partial charge on any atom is 0.257 e. The summed E-state index contributed by atoms with van der Waals surface area (Å²) in [4.78, 5) is 27.6. The Bertz CT molecular complexity index is 1110. The van der Waals surface area contributed by atoms with Gasteiger partial charge in [-0.25, -0.2) is 0 Å². The van der Waals surface area contributed by atoms with Crippen LogP contribution in [0.25, 0.3) is 11.1 Å². The fraction of sp³-hybridized carbons (Fsp3) is 0.259. The van der Waals surface area contributed by atoms with Crippen LogP contribution < -0.4 is 14.8 Å². The van der Waals surface area contributed by atoms with Gasteiger partial charge in [-0.15, -0.1) is 0 Å². The molecule has 3 aromatic rings. The lowest BCUT2D eigenvalue weighted by Crippen LogP contribution is -2.37. The van der Waals surface area contributed by atoms with E-state index >= 15 is 0 Å². The number of hydrogen-bond acceptors (Lipinski definition) is 4. The van der Waals surface area contributed by atoms with Gasteiger partial charge >= 0.3 is 0 Å². The molecule has 6 nitrogen and oxygen atoms in total. The number of methoxy groups -OCH3 is 2. The molecular formula is C27H28N2O4. The van der Waals surface area contributed by atoms with Crippen LogP contribution in [0.4, 0.5) is 0 Å². The maximum absolute atomic E-state index is 13.2. The number of carbonyl (C=O) groups is 2. The van der Waals surface area contributed by atoms with Crippen molar-refractivity contribution in [1.29, 1.82) is 0 Å². The third-order valence-corrected chi connectivity index (χ3v) is 5.98. The average molecular weight is 445 g/mol. The van der Waals surface area contributed by atoms with E-state index in [1.807, 2.05) is 48.5 Å². The summed E-state index contributed by atoms with van der Waals surface area (Å²) in [6, 6.07) is 23.3. The molecule has 0 aromatic heterocycles. The number of carbonyl (C=O) groups excluding carboxylic acids is 2. The molecule has 33 heavy (non-hydrogen) atoms. The first-order valence-corrected chi connectivity index (χ1v) is 11.0. The summed E-state index contributed by atoms with van der Waals surface area (Å²) in [7, 11) is 3.20. The van der Waals surface area contributed by atoms with Crippen LogP contribution in [0.2, 0.25) is 0 Å². The standard InChI is InChI=1S/C27H28N2O4/c1-32-23-13-11-21(12-14-23)20-9-7-19(8-10-20)17-22-18-29(16-15-28-26(22)30)27(31)24-5-3-4-6-25(24)33-2/h3-14,22H,15-18H2,1-2H3,(H,28,30)/t22-/m0/s1. The van der Waals surface area contributed by atoms with Crippen LogP contribution in [0.1, 0.15) is 15.9 Å². The highest BCUT2D eigenvalue weighted by Gasteiger charge is 2.29. The molecule has 4 rings (SSSR count). The molecule has 2 amide bonds. The first kappa shape index (κ1) is 22.4. The Balaban J connectivity index is 1.48. The Morgan fingerprint density at radius 1 is 0.939 bits per heavy atom. The van der Waals surface area contributed by atoms with Gasteiger partial charge in [-0.2, -0.15) is 0 Å². The Kier molecular flexibility index (Phi) is 6.93. The number of nitrogens with zero attached hydrogens (tertiary/aromatic N) is 1. The second-order valence-electron chi connectivity index (χ2n) is 8.07. The van der Waals surface area contributed by atoms with E-state index in [9.17, 15) is 9.59 Å². The molecule has 1 saturated heterocycles. The lowest BCUT2D eigenvalue weighted by molar-refractivity contribution is -0.124. The molecule has 0 radical (unpaired) electrons. The normalized spacial score (nSPS) is 16.0. The van der Waals surface area contributed by atoms with Gasteiger partial charge in [0.25, 0.3) is 5.91 Å². The van der Waals surface area contributed by atoms with Gasteiger partial charge in [0, 0.05) is 19.6 Å². The summed E-state index contributed by atoms with van der Waals surface area (Å²) in [5.74, 6) is 0.894. The van der Waals surface area contributed by atoms with Crippen molar-refractivity contribution in [2.24, 2.45) is 5.92 Å². The Morgan fingerprint density at radius 3 is 2.27 bits per heavy atom. The molecule has 170 valence electrons. The molecule has 1 fully saturated rings. The molecule has 0 spiro atoms. The van der Waals surface area contributed by atoms with Gasteiger partial charge in [-0.3, -0.25) is 9.59 Å². The van der Waals surface area contributed by atoms with Crippen molar-refractivity contribution in [2.75, 3.05) is 33.9 Å². The monoisotopic (exact) mass is 444 g/mol. The van der Waals surface area contributed by atoms with Crippen molar-refractivity contribution in [3.8, 4) is 22.6 Å². The SMILES string of the molecule is COc1ccc(-c2ccc(C[C@H]3CN(C(=O)c4ccccc4OC)CCNC3=O)cc2)cc1. The zero-order valence-corrected chi connectivity index (χ0v) is 18.9. The molecule has 1 N–H and O–H groups in total. The van der Waals surface area contributed by atoms with E-state index in [2.05, 4.69) is 17.4 Å². The zero-order valence-electron chi connectivity index (χ0n) is 18.9. The minimum atomic E-state index is -0.321. The minimum absolute atomic E-state index is 0.0236. The molecule has 6 heteroatoms. The van der Waals surface area contributed by atoms with Crippen LogP contribution in [-0.4, -0.2) is 50.6 Å². The Hall–Kier alpha value is -3.80. The van der Waals surface area contributed by atoms with Gasteiger partial charge in [0.2, 0.25) is 5.91 Å². The highest BCUT2D eigenvalue weighted by molar-refractivity contribution is 5.97. The molecule has 1 heterocycles. The first-order chi connectivity index (χ1) is 16.1. The van der Waals surface area contributed by atoms with Crippen LogP contribution in [0.15, 0.2) is 72.8 Å². The maximum atomic E-state index is 13.2. The second-order valence-corrected chi connectivity index (χ2v) is 8.07. The molecule has 0 aliphatic carbocycles. The number of hydrogen-bond donors (Lipinski definition) is 1. The average Bonchev–Trinajstić information content (AvgIpc) is 3.05. The van der Waals surface area contributed by atoms with Gasteiger partial charge in [-0.1, -0.05) is 48.5 Å². The molecule has 1 aliphatic rings. The predicted octanol–water partition coefficient (Wildman–Crippen LogP) is 3.80. The highest BCUT2D eigenvalue weighted by Crippen LogP contribution is 2.25. The smallest absolute Gasteiger partial charge is 0.257 e. The topological polar surface area (TPSA) is 67.9 Å². The lowest BCUT2D eigenvalue weighted by Gasteiger charge is -2.24. The summed E-state index contributed by atoms with van der Waals surface area (Å²) in [5, 5.41) is 2.95. The first-order valence-electron chi connectivity index (χ1n) is 11.0. The minimum Gasteiger partial charge on any atom is -0.497 e. The summed E-state index contributed by atoms with van der Waals surface area (Å²) in [5.41, 5.74) is 3.76. The van der Waals surface area contributed by atoms with Crippen molar-refractivity contribution < 1.29 is 19.1 Å². The third kappa shape index (κ3) is 5.17. The molecular weight excluding hydrogens is 416 g/mol. The predicted molar refractivity (Wildman–Crippen MR) is 128 cm³/mol. The highest BCUT2D eigenvalue weighted by atomic mass is 16.5. The number of ether oxygens (including phenoxy) is 2. The summed E-state index contributed by atoms with van der Waals surface area (Å²) < 4.78 is 10.6. The van der Waals surface area contributed by atoms with Crippen LogP contribution in [0.5, 0.6) is 11.5 Å². The van der Waals surface area contributed by atoms with Crippen molar-refractivity contribution >= 4 is 11.8 Å². The van der Waals surface area contributed by atoms with Gasteiger partial charge in [0.1, 0.15) is 11.5 Å². The van der Waals surface area contributed by atoms with E-state index in [0.29, 0.717) is 37.4 Å². The molecule has 3 aromatic carbocycles. The van der Waals surface area contributed by atoms with Gasteiger partial charge in [0.15, 0.2) is 0 Å². The van der Waals surface area contributed by atoms with E-state index in [-0.39, 0.29) is 17.7 Å². The number of rotatable bonds is 6. The number of amides is 2. The van der Waals surface area contributed by atoms with Crippen LogP contribution in [0.3, 0.4) is 0 Å². The van der Waals surface area contributed by atoms with E-state index in [1.54, 1.807) is 31.3 Å². The fourth-order valence-electron chi connectivity index (χ4n) is 4.13. The van der Waals surface area contributed by atoms with Crippen molar-refractivity contribution in [2.45, 2.75) is 6.42 Å². The van der Waals surface area contributed by atoms with E-state index in [0.717, 1.165) is 22.4 Å². The fourth-order valence-corrected chi connectivity index (χ4v) is 4.13.